The first-order valence-electron chi connectivity index (χ1n) is 8.30. The molecule has 1 aliphatic heterocycles. The van der Waals surface area contributed by atoms with E-state index in [0.717, 1.165) is 49.2 Å². The van der Waals surface area contributed by atoms with E-state index in [0.29, 0.717) is 6.54 Å². The molecule has 23 heavy (non-hydrogen) atoms. The maximum absolute atomic E-state index is 12.7. The molecule has 0 saturated carbocycles. The van der Waals surface area contributed by atoms with Gasteiger partial charge in [0.15, 0.2) is 0 Å². The molecule has 0 bridgehead atoms. The first-order chi connectivity index (χ1) is 10.9. The number of aromatic amines is 1. The van der Waals surface area contributed by atoms with Crippen molar-refractivity contribution in [3.63, 3.8) is 0 Å². The third kappa shape index (κ3) is 4.34. The van der Waals surface area contributed by atoms with Gasteiger partial charge in [-0.25, -0.2) is 4.79 Å². The largest absolute Gasteiger partial charge is 0.337 e. The number of urea groups is 1. The molecule has 0 aliphatic carbocycles. The van der Waals surface area contributed by atoms with Crippen LogP contribution in [0.15, 0.2) is 0 Å². The van der Waals surface area contributed by atoms with Crippen molar-refractivity contribution in [3.05, 3.63) is 17.0 Å². The number of carbonyl (C=O) groups is 1. The van der Waals surface area contributed by atoms with Gasteiger partial charge in [0.25, 0.3) is 0 Å². The number of hydrogen-bond donors (Lipinski definition) is 2. The summed E-state index contributed by atoms with van der Waals surface area (Å²) in [7, 11) is -0.929. The predicted octanol–water partition coefficient (Wildman–Crippen LogP) is 2.42. The Morgan fingerprint density at radius 2 is 2.17 bits per heavy atom. The minimum atomic E-state index is -0.929. The number of hydrogen-bond acceptors (Lipinski definition) is 3. The van der Waals surface area contributed by atoms with Crippen molar-refractivity contribution in [3.8, 4) is 0 Å². The van der Waals surface area contributed by atoms with Crippen molar-refractivity contribution < 1.29 is 9.00 Å². The normalized spacial score (nSPS) is 21.6. The van der Waals surface area contributed by atoms with E-state index in [1.165, 1.54) is 0 Å². The molecule has 1 fully saturated rings. The standard InChI is InChI=1S/C16H28N4O2S/c1-11(23(4)22)10-17-16(21)20-9-7-5-6-8-14(20)15-12(2)18-19-13(15)3/h11,14H,5-10H2,1-4H3,(H,17,21)(H,18,19)/t11-,14+,23+/m1/s1. The van der Waals surface area contributed by atoms with Gasteiger partial charge < -0.3 is 10.2 Å². The van der Waals surface area contributed by atoms with Crippen LogP contribution in [0.3, 0.4) is 0 Å². The summed E-state index contributed by atoms with van der Waals surface area (Å²) in [5, 5.41) is 10.2. The fourth-order valence-electron chi connectivity index (χ4n) is 3.15. The van der Waals surface area contributed by atoms with Gasteiger partial charge in [-0.05, 0) is 33.6 Å². The lowest BCUT2D eigenvalue weighted by Gasteiger charge is -2.31. The number of nitrogens with zero attached hydrogens (tertiary/aromatic N) is 2. The van der Waals surface area contributed by atoms with E-state index in [2.05, 4.69) is 15.5 Å². The minimum Gasteiger partial charge on any atom is -0.337 e. The van der Waals surface area contributed by atoms with Crippen molar-refractivity contribution in [2.75, 3.05) is 19.3 Å². The van der Waals surface area contributed by atoms with Crippen molar-refractivity contribution in [2.24, 2.45) is 0 Å². The Bertz CT molecular complexity index is 553. The molecule has 1 aromatic heterocycles. The molecule has 0 unspecified atom stereocenters. The molecular formula is C16H28N4O2S. The van der Waals surface area contributed by atoms with Crippen LogP contribution in [0.4, 0.5) is 4.79 Å². The highest BCUT2D eigenvalue weighted by molar-refractivity contribution is 7.84. The fraction of sp³-hybridized carbons (Fsp3) is 0.750. The van der Waals surface area contributed by atoms with Crippen molar-refractivity contribution in [1.82, 2.24) is 20.4 Å². The Hall–Kier alpha value is -1.37. The van der Waals surface area contributed by atoms with E-state index in [1.807, 2.05) is 25.7 Å². The topological polar surface area (TPSA) is 78.1 Å². The first kappa shape index (κ1) is 18.0. The van der Waals surface area contributed by atoms with Crippen LogP contribution in [-0.2, 0) is 10.8 Å². The average Bonchev–Trinajstić information content (AvgIpc) is 2.72. The van der Waals surface area contributed by atoms with Crippen molar-refractivity contribution in [1.29, 1.82) is 0 Å². The molecule has 2 amide bonds. The summed E-state index contributed by atoms with van der Waals surface area (Å²) in [6.07, 6.45) is 5.92. The number of aromatic nitrogens is 2. The van der Waals surface area contributed by atoms with Crippen LogP contribution in [0.1, 0.15) is 55.6 Å². The van der Waals surface area contributed by atoms with Gasteiger partial charge in [-0.2, -0.15) is 5.10 Å². The van der Waals surface area contributed by atoms with Crippen LogP contribution in [0.5, 0.6) is 0 Å². The van der Waals surface area contributed by atoms with E-state index in [1.54, 1.807) is 6.26 Å². The molecule has 0 aromatic carbocycles. The molecule has 130 valence electrons. The summed E-state index contributed by atoms with van der Waals surface area (Å²) in [4.78, 5) is 14.6. The van der Waals surface area contributed by atoms with Gasteiger partial charge in [-0.15, -0.1) is 0 Å². The number of nitrogens with one attached hydrogen (secondary N) is 2. The van der Waals surface area contributed by atoms with Crippen LogP contribution in [-0.4, -0.2) is 49.9 Å². The number of carbonyl (C=O) groups excluding carboxylic acids is 1. The molecule has 6 nitrogen and oxygen atoms in total. The molecule has 2 rings (SSSR count). The van der Waals surface area contributed by atoms with Gasteiger partial charge in [0.1, 0.15) is 0 Å². The fourth-order valence-corrected chi connectivity index (χ4v) is 3.47. The second-order valence-corrected chi connectivity index (χ2v) is 8.20. The predicted molar refractivity (Wildman–Crippen MR) is 92.9 cm³/mol. The van der Waals surface area contributed by atoms with Gasteiger partial charge in [-0.1, -0.05) is 12.8 Å². The zero-order valence-electron chi connectivity index (χ0n) is 14.5. The molecule has 2 N–H and O–H groups in total. The van der Waals surface area contributed by atoms with Gasteiger partial charge in [0, 0.05) is 46.7 Å². The lowest BCUT2D eigenvalue weighted by Crippen LogP contribution is -2.45. The maximum atomic E-state index is 12.7. The Balaban J connectivity index is 2.15. The summed E-state index contributed by atoms with van der Waals surface area (Å²) >= 11 is 0. The Morgan fingerprint density at radius 1 is 1.43 bits per heavy atom. The summed E-state index contributed by atoms with van der Waals surface area (Å²) < 4.78 is 11.5. The van der Waals surface area contributed by atoms with E-state index < -0.39 is 10.8 Å². The summed E-state index contributed by atoms with van der Waals surface area (Å²) in [5.41, 5.74) is 3.15. The highest BCUT2D eigenvalue weighted by Crippen LogP contribution is 2.33. The number of likely N-dealkylation sites (tertiary alicyclic amines) is 1. The number of rotatable bonds is 4. The number of aryl methyl sites for hydroxylation is 2. The van der Waals surface area contributed by atoms with Crippen molar-refractivity contribution in [2.45, 2.75) is 57.7 Å². The lowest BCUT2D eigenvalue weighted by atomic mass is 9.99. The average molecular weight is 340 g/mol. The van der Waals surface area contributed by atoms with Gasteiger partial charge >= 0.3 is 6.03 Å². The van der Waals surface area contributed by atoms with Crippen LogP contribution in [0.25, 0.3) is 0 Å². The van der Waals surface area contributed by atoms with Crippen LogP contribution < -0.4 is 5.32 Å². The van der Waals surface area contributed by atoms with Gasteiger partial charge in [0.05, 0.1) is 11.7 Å². The van der Waals surface area contributed by atoms with Crippen LogP contribution >= 0.6 is 0 Å². The number of amides is 2. The highest BCUT2D eigenvalue weighted by atomic mass is 32.2. The molecule has 0 radical (unpaired) electrons. The Kier molecular flexibility index (Phi) is 6.21. The van der Waals surface area contributed by atoms with E-state index in [4.69, 9.17) is 0 Å². The smallest absolute Gasteiger partial charge is 0.317 e. The maximum Gasteiger partial charge on any atom is 0.317 e. The first-order valence-corrected chi connectivity index (χ1v) is 9.92. The third-order valence-electron chi connectivity index (χ3n) is 4.64. The van der Waals surface area contributed by atoms with Crippen molar-refractivity contribution >= 4 is 16.8 Å². The molecule has 0 spiro atoms. The highest BCUT2D eigenvalue weighted by Gasteiger charge is 2.30. The SMILES string of the molecule is Cc1n[nH]c(C)c1[C@@H]1CCCCCN1C(=O)NC[C@@H](C)[S@](C)=O. The lowest BCUT2D eigenvalue weighted by molar-refractivity contribution is 0.175. The molecule has 2 heterocycles. The minimum absolute atomic E-state index is 0.0400. The summed E-state index contributed by atoms with van der Waals surface area (Å²) in [6, 6.07) is 0.00730. The zero-order chi connectivity index (χ0) is 17.0. The molecular weight excluding hydrogens is 312 g/mol. The summed E-state index contributed by atoms with van der Waals surface area (Å²) in [5.74, 6) is 0. The molecule has 3 atom stereocenters. The second-order valence-electron chi connectivity index (χ2n) is 6.40. The summed E-state index contributed by atoms with van der Waals surface area (Å²) in [6.45, 7) is 7.08. The van der Waals surface area contributed by atoms with E-state index in [-0.39, 0.29) is 17.3 Å². The Labute approximate surface area is 140 Å². The quantitative estimate of drug-likeness (QED) is 0.883. The van der Waals surface area contributed by atoms with Gasteiger partial charge in [0.2, 0.25) is 0 Å². The third-order valence-corrected chi connectivity index (χ3v) is 5.94. The number of H-pyrrole nitrogens is 1. The molecule has 1 aliphatic rings. The molecule has 1 aromatic rings. The molecule has 1 saturated heterocycles. The van der Waals surface area contributed by atoms with Crippen LogP contribution in [0, 0.1) is 13.8 Å². The van der Waals surface area contributed by atoms with Crippen LogP contribution in [0.2, 0.25) is 0 Å². The molecule has 7 heteroatoms. The van der Waals surface area contributed by atoms with E-state index >= 15 is 0 Å². The second kappa shape index (κ2) is 7.95. The zero-order valence-corrected chi connectivity index (χ0v) is 15.3. The Morgan fingerprint density at radius 3 is 2.78 bits per heavy atom. The van der Waals surface area contributed by atoms with E-state index in [9.17, 15) is 9.00 Å². The monoisotopic (exact) mass is 340 g/mol. The van der Waals surface area contributed by atoms with Gasteiger partial charge in [-0.3, -0.25) is 9.31 Å².